The number of hydrogen-bond acceptors (Lipinski definition) is 5. The molecule has 5 nitrogen and oxygen atoms in total. The van der Waals surface area contributed by atoms with Crippen LogP contribution in [0, 0.1) is 11.3 Å². The Morgan fingerprint density at radius 2 is 2.11 bits per heavy atom. The van der Waals surface area contributed by atoms with Gasteiger partial charge in [0.2, 0.25) is 0 Å². The van der Waals surface area contributed by atoms with Crippen LogP contribution in [0.3, 0.4) is 0 Å². The summed E-state index contributed by atoms with van der Waals surface area (Å²) < 4.78 is 49.5. The van der Waals surface area contributed by atoms with E-state index in [1.54, 1.807) is 13.8 Å². The molecule has 0 aliphatic carbocycles. The Kier molecular flexibility index (Phi) is 4.93. The molecular weight excluding hydrogens is 427 g/mol. The minimum absolute atomic E-state index is 0.0244. The molecular formula is C18H15BrF3N3O2. The first-order valence-corrected chi connectivity index (χ1v) is 8.79. The van der Waals surface area contributed by atoms with Crippen molar-refractivity contribution >= 4 is 27.5 Å². The largest absolute Gasteiger partial charge is 0.404 e. The van der Waals surface area contributed by atoms with Crippen LogP contribution in [0.4, 0.5) is 18.9 Å². The van der Waals surface area contributed by atoms with Gasteiger partial charge in [0.1, 0.15) is 5.41 Å². The number of nitrogens with zero attached hydrogens (tertiary/aromatic N) is 3. The lowest BCUT2D eigenvalue weighted by Gasteiger charge is -2.43. The van der Waals surface area contributed by atoms with Gasteiger partial charge in [-0.05, 0) is 54.1 Å². The standard InChI is InChI=1S/C18H15BrF3N3O2/c1-10(2)27-9-17(18(20,21)22)13-5-11(7-23)3-4-15(13)24-16-14(17)6-12(19)8-25(16)26/h3-6,8,10,26H,9H2,1-2H3/t17-/m1/s1. The Hall–Kier alpha value is -2.15. The summed E-state index contributed by atoms with van der Waals surface area (Å²) in [7, 11) is 0. The molecule has 142 valence electrons. The fourth-order valence-corrected chi connectivity index (χ4v) is 3.53. The van der Waals surface area contributed by atoms with Gasteiger partial charge >= 0.3 is 6.18 Å². The number of alkyl halides is 3. The Morgan fingerprint density at radius 3 is 2.70 bits per heavy atom. The van der Waals surface area contributed by atoms with E-state index in [0.717, 1.165) is 0 Å². The van der Waals surface area contributed by atoms with Gasteiger partial charge in [-0.15, -0.1) is 0 Å². The second-order valence-corrected chi connectivity index (χ2v) is 7.37. The average Bonchev–Trinajstić information content (AvgIpc) is 2.57. The lowest BCUT2D eigenvalue weighted by molar-refractivity contribution is -0.195. The van der Waals surface area contributed by atoms with E-state index in [2.05, 4.69) is 20.9 Å². The maximum Gasteiger partial charge on any atom is 0.404 e. The Balaban J connectivity index is 2.38. The van der Waals surface area contributed by atoms with Crippen LogP contribution in [-0.2, 0) is 10.2 Å². The van der Waals surface area contributed by atoms with E-state index < -0.39 is 24.3 Å². The molecule has 27 heavy (non-hydrogen) atoms. The van der Waals surface area contributed by atoms with Crippen LogP contribution in [0.2, 0.25) is 0 Å². The van der Waals surface area contributed by atoms with Crippen molar-refractivity contribution in [1.29, 1.82) is 5.26 Å². The number of benzene rings is 1. The molecule has 0 amide bonds. The van der Waals surface area contributed by atoms with Gasteiger partial charge in [0.05, 0.1) is 30.0 Å². The summed E-state index contributed by atoms with van der Waals surface area (Å²) in [6.07, 6.45) is -2.75. The summed E-state index contributed by atoms with van der Waals surface area (Å²) >= 11 is 3.12. The molecule has 1 aromatic carbocycles. The number of fused-ring (bicyclic) bond motifs is 2. The first kappa shape index (κ1) is 19.6. The third kappa shape index (κ3) is 3.18. The van der Waals surface area contributed by atoms with Gasteiger partial charge < -0.3 is 4.74 Å². The molecule has 1 N–H and O–H groups in total. The van der Waals surface area contributed by atoms with Crippen molar-refractivity contribution < 1.29 is 23.1 Å². The van der Waals surface area contributed by atoms with Crippen LogP contribution in [0.1, 0.15) is 25.0 Å². The number of rotatable bonds is 3. The van der Waals surface area contributed by atoms with Crippen molar-refractivity contribution in [2.24, 2.45) is 4.99 Å². The number of hydroxylamine groups is 2. The second-order valence-electron chi connectivity index (χ2n) is 6.46. The summed E-state index contributed by atoms with van der Waals surface area (Å²) in [5.41, 5.74) is -2.92. The molecule has 0 fully saturated rings. The molecule has 0 aromatic heterocycles. The van der Waals surface area contributed by atoms with Crippen LogP contribution in [0.15, 0.2) is 45.5 Å². The number of allylic oxidation sites excluding steroid dienone is 2. The van der Waals surface area contributed by atoms with Crippen LogP contribution < -0.4 is 0 Å². The third-order valence-electron chi connectivity index (χ3n) is 4.37. The Bertz CT molecular complexity index is 915. The van der Waals surface area contributed by atoms with Crippen LogP contribution >= 0.6 is 15.9 Å². The SMILES string of the molecule is CC(C)OC[C@]1(C(F)(F)F)C2=CC(Br)=CN(O)C2=Nc2ccc(C#N)cc21. The minimum Gasteiger partial charge on any atom is -0.377 e. The molecule has 2 aliphatic rings. The van der Waals surface area contributed by atoms with Gasteiger partial charge in [-0.3, -0.25) is 5.21 Å². The molecule has 0 saturated heterocycles. The predicted octanol–water partition coefficient (Wildman–Crippen LogP) is 4.69. The van der Waals surface area contributed by atoms with Crippen molar-refractivity contribution in [1.82, 2.24) is 5.06 Å². The van der Waals surface area contributed by atoms with E-state index in [4.69, 9.17) is 10.00 Å². The van der Waals surface area contributed by atoms with E-state index in [1.807, 2.05) is 6.07 Å². The van der Waals surface area contributed by atoms with Crippen molar-refractivity contribution in [2.45, 2.75) is 31.5 Å². The number of hydrogen-bond donors (Lipinski definition) is 1. The number of amidine groups is 1. The fourth-order valence-electron chi connectivity index (χ4n) is 3.11. The Morgan fingerprint density at radius 1 is 1.41 bits per heavy atom. The van der Waals surface area contributed by atoms with E-state index in [9.17, 15) is 18.4 Å². The molecule has 2 heterocycles. The highest BCUT2D eigenvalue weighted by Crippen LogP contribution is 2.54. The highest BCUT2D eigenvalue weighted by atomic mass is 79.9. The lowest BCUT2D eigenvalue weighted by Crippen LogP contribution is -2.54. The van der Waals surface area contributed by atoms with Crippen LogP contribution in [0.5, 0.6) is 0 Å². The number of halogens is 4. The van der Waals surface area contributed by atoms with Gasteiger partial charge in [0.15, 0.2) is 5.84 Å². The molecule has 0 saturated carbocycles. The second kappa shape index (κ2) is 6.78. The van der Waals surface area contributed by atoms with Gasteiger partial charge in [0.25, 0.3) is 0 Å². The first-order chi connectivity index (χ1) is 12.6. The first-order valence-electron chi connectivity index (χ1n) is 8.00. The maximum atomic E-state index is 14.6. The Labute approximate surface area is 162 Å². The van der Waals surface area contributed by atoms with Crippen molar-refractivity contribution in [3.8, 4) is 6.07 Å². The lowest BCUT2D eigenvalue weighted by atomic mass is 9.70. The summed E-state index contributed by atoms with van der Waals surface area (Å²) in [4.78, 5) is 4.19. The normalized spacial score (nSPS) is 21.7. The molecule has 1 aromatic rings. The highest BCUT2D eigenvalue weighted by Gasteiger charge is 2.62. The van der Waals surface area contributed by atoms with Crippen molar-refractivity contribution in [3.63, 3.8) is 0 Å². The van der Waals surface area contributed by atoms with E-state index in [1.165, 1.54) is 30.5 Å². The number of aliphatic imine (C=N–C) groups is 1. The van der Waals surface area contributed by atoms with E-state index in [0.29, 0.717) is 5.06 Å². The molecule has 2 aliphatic heterocycles. The molecule has 0 spiro atoms. The summed E-state index contributed by atoms with van der Waals surface area (Å²) in [5.74, 6) is -0.236. The topological polar surface area (TPSA) is 68.8 Å². The third-order valence-corrected chi connectivity index (χ3v) is 4.81. The van der Waals surface area contributed by atoms with E-state index in [-0.39, 0.29) is 32.7 Å². The zero-order valence-electron chi connectivity index (χ0n) is 14.4. The van der Waals surface area contributed by atoms with Crippen LogP contribution in [0.25, 0.3) is 0 Å². The van der Waals surface area contributed by atoms with Gasteiger partial charge in [-0.25, -0.2) is 10.1 Å². The molecule has 0 unspecified atom stereocenters. The zero-order valence-corrected chi connectivity index (χ0v) is 16.0. The fraction of sp³-hybridized carbons (Fsp3) is 0.333. The quantitative estimate of drug-likeness (QED) is 0.738. The molecule has 0 radical (unpaired) electrons. The predicted molar refractivity (Wildman–Crippen MR) is 95.8 cm³/mol. The smallest absolute Gasteiger partial charge is 0.377 e. The molecule has 1 atom stereocenters. The maximum absolute atomic E-state index is 14.6. The highest BCUT2D eigenvalue weighted by molar-refractivity contribution is 9.11. The van der Waals surface area contributed by atoms with Crippen molar-refractivity contribution in [3.05, 3.63) is 51.7 Å². The molecule has 0 bridgehead atoms. The summed E-state index contributed by atoms with van der Waals surface area (Å²) in [6.45, 7) is 2.56. The average molecular weight is 442 g/mol. The molecule has 9 heteroatoms. The number of ether oxygens (including phenoxy) is 1. The van der Waals surface area contributed by atoms with Crippen molar-refractivity contribution in [2.75, 3.05) is 6.61 Å². The summed E-state index contributed by atoms with van der Waals surface area (Å²) in [6, 6.07) is 5.78. The molecule has 3 rings (SSSR count). The van der Waals surface area contributed by atoms with Gasteiger partial charge in [-0.2, -0.15) is 18.4 Å². The van der Waals surface area contributed by atoms with Gasteiger partial charge in [-0.1, -0.05) is 0 Å². The zero-order chi connectivity index (χ0) is 20.0. The van der Waals surface area contributed by atoms with Crippen LogP contribution in [-0.4, -0.2) is 35.0 Å². The monoisotopic (exact) mass is 441 g/mol. The minimum atomic E-state index is -4.77. The number of nitriles is 1. The summed E-state index contributed by atoms with van der Waals surface area (Å²) in [5, 5.41) is 19.9. The van der Waals surface area contributed by atoms with Gasteiger partial charge in [0, 0.05) is 21.8 Å². The van der Waals surface area contributed by atoms with E-state index >= 15 is 0 Å².